The summed E-state index contributed by atoms with van der Waals surface area (Å²) in [4.78, 5) is 2.38. The van der Waals surface area contributed by atoms with E-state index in [1.165, 1.54) is 6.42 Å². The van der Waals surface area contributed by atoms with Crippen molar-refractivity contribution < 1.29 is 4.39 Å². The number of nitrogens with zero attached hydrogens (tertiary/aromatic N) is 1. The van der Waals surface area contributed by atoms with Crippen LogP contribution in [0.2, 0.25) is 0 Å². The van der Waals surface area contributed by atoms with Gasteiger partial charge in [-0.1, -0.05) is 31.5 Å². The van der Waals surface area contributed by atoms with Crippen molar-refractivity contribution in [3.8, 4) is 0 Å². The molecule has 0 spiro atoms. The molecule has 1 aliphatic heterocycles. The maximum Gasteiger partial charge on any atom is 0.127 e. The molecule has 1 saturated heterocycles. The lowest BCUT2D eigenvalue weighted by Gasteiger charge is -2.38. The maximum atomic E-state index is 13.6. The van der Waals surface area contributed by atoms with Crippen molar-refractivity contribution in [1.29, 1.82) is 0 Å². The fourth-order valence-electron chi connectivity index (χ4n) is 2.91. The number of hydrogen-bond acceptors (Lipinski definition) is 2. The first-order chi connectivity index (χ1) is 8.74. The molecular weight excluding hydrogens is 227 g/mol. The highest BCUT2D eigenvalue weighted by Gasteiger charge is 2.26. The van der Waals surface area contributed by atoms with Gasteiger partial charge in [-0.3, -0.25) is 4.90 Å². The zero-order valence-corrected chi connectivity index (χ0v) is 11.3. The molecule has 1 aliphatic rings. The number of nitrogens with one attached hydrogen (secondary N) is 1. The fraction of sp³-hybridized carbons (Fsp3) is 0.600. The summed E-state index contributed by atoms with van der Waals surface area (Å²) in [5.41, 5.74) is 0.815. The van der Waals surface area contributed by atoms with Crippen molar-refractivity contribution in [2.75, 3.05) is 20.1 Å². The Labute approximate surface area is 109 Å². The van der Waals surface area contributed by atoms with Crippen molar-refractivity contribution in [3.05, 3.63) is 35.6 Å². The first kappa shape index (κ1) is 13.5. The fourth-order valence-corrected chi connectivity index (χ4v) is 2.91. The Hall–Kier alpha value is -0.930. The van der Waals surface area contributed by atoms with E-state index in [0.29, 0.717) is 12.0 Å². The second-order valence-corrected chi connectivity index (χ2v) is 5.18. The molecule has 0 bridgehead atoms. The average Bonchev–Trinajstić information content (AvgIpc) is 2.41. The van der Waals surface area contributed by atoms with Crippen LogP contribution in [0, 0.1) is 11.7 Å². The highest BCUT2D eigenvalue weighted by molar-refractivity contribution is 5.17. The zero-order chi connectivity index (χ0) is 13.0. The molecule has 1 fully saturated rings. The number of rotatable bonds is 4. The van der Waals surface area contributed by atoms with Crippen LogP contribution in [0.4, 0.5) is 4.39 Å². The van der Waals surface area contributed by atoms with E-state index in [1.807, 2.05) is 19.2 Å². The number of piperidine rings is 1. The van der Waals surface area contributed by atoms with Crippen LogP contribution in [-0.4, -0.2) is 31.1 Å². The second kappa shape index (κ2) is 6.30. The Morgan fingerprint density at radius 1 is 1.39 bits per heavy atom. The van der Waals surface area contributed by atoms with E-state index < -0.39 is 0 Å². The molecule has 2 nitrogen and oxygen atoms in total. The van der Waals surface area contributed by atoms with Crippen molar-refractivity contribution in [1.82, 2.24) is 10.2 Å². The van der Waals surface area contributed by atoms with Crippen LogP contribution < -0.4 is 5.32 Å². The number of benzene rings is 1. The van der Waals surface area contributed by atoms with E-state index in [2.05, 4.69) is 17.1 Å². The van der Waals surface area contributed by atoms with Gasteiger partial charge >= 0.3 is 0 Å². The molecule has 18 heavy (non-hydrogen) atoms. The van der Waals surface area contributed by atoms with Gasteiger partial charge in [-0.05, 0) is 32.0 Å². The van der Waals surface area contributed by atoms with E-state index in [0.717, 1.165) is 31.6 Å². The van der Waals surface area contributed by atoms with E-state index >= 15 is 0 Å². The topological polar surface area (TPSA) is 15.3 Å². The van der Waals surface area contributed by atoms with Crippen molar-refractivity contribution in [2.45, 2.75) is 32.4 Å². The highest BCUT2D eigenvalue weighted by atomic mass is 19.1. The van der Waals surface area contributed by atoms with Gasteiger partial charge in [-0.25, -0.2) is 4.39 Å². The van der Waals surface area contributed by atoms with E-state index in [1.54, 1.807) is 12.1 Å². The normalized spacial score (nSPS) is 25.3. The summed E-state index contributed by atoms with van der Waals surface area (Å²) in [5, 5.41) is 3.40. The summed E-state index contributed by atoms with van der Waals surface area (Å²) < 4.78 is 13.6. The van der Waals surface area contributed by atoms with E-state index in [4.69, 9.17) is 0 Å². The molecule has 0 radical (unpaired) electrons. The molecular formula is C15H23FN2. The monoisotopic (exact) mass is 250 g/mol. The molecule has 1 aromatic rings. The Morgan fingerprint density at radius 2 is 2.17 bits per heavy atom. The Kier molecular flexibility index (Phi) is 4.72. The minimum atomic E-state index is -0.0821. The third kappa shape index (κ3) is 3.09. The van der Waals surface area contributed by atoms with Gasteiger partial charge in [0.15, 0.2) is 0 Å². The molecule has 2 unspecified atom stereocenters. The van der Waals surface area contributed by atoms with Crippen molar-refractivity contribution >= 4 is 0 Å². The summed E-state index contributed by atoms with van der Waals surface area (Å²) in [7, 11) is 2.04. The summed E-state index contributed by atoms with van der Waals surface area (Å²) in [5.74, 6) is 0.594. The lowest BCUT2D eigenvalue weighted by atomic mass is 9.90. The molecule has 1 heterocycles. The largest absolute Gasteiger partial charge is 0.317 e. The molecule has 1 aromatic carbocycles. The Bertz CT molecular complexity index is 381. The SMILES string of the molecule is CCC1CN(Cc2ccccc2F)CCC1NC. The number of likely N-dealkylation sites (tertiary alicyclic amines) is 1. The summed E-state index contributed by atoms with van der Waals surface area (Å²) >= 11 is 0. The third-order valence-electron chi connectivity index (χ3n) is 4.07. The van der Waals surface area contributed by atoms with Gasteiger partial charge in [0.1, 0.15) is 5.82 Å². The van der Waals surface area contributed by atoms with Crippen LogP contribution in [0.5, 0.6) is 0 Å². The van der Waals surface area contributed by atoms with Gasteiger partial charge in [0, 0.05) is 24.7 Å². The van der Waals surface area contributed by atoms with Crippen LogP contribution in [0.3, 0.4) is 0 Å². The minimum Gasteiger partial charge on any atom is -0.317 e. The third-order valence-corrected chi connectivity index (χ3v) is 4.07. The average molecular weight is 250 g/mol. The van der Waals surface area contributed by atoms with Crippen LogP contribution in [-0.2, 0) is 6.54 Å². The van der Waals surface area contributed by atoms with Gasteiger partial charge in [0.25, 0.3) is 0 Å². The van der Waals surface area contributed by atoms with E-state index in [9.17, 15) is 4.39 Å². The van der Waals surface area contributed by atoms with Gasteiger partial charge < -0.3 is 5.32 Å². The van der Waals surface area contributed by atoms with Crippen LogP contribution in [0.1, 0.15) is 25.3 Å². The lowest BCUT2D eigenvalue weighted by molar-refractivity contribution is 0.131. The molecule has 2 atom stereocenters. The van der Waals surface area contributed by atoms with Gasteiger partial charge in [-0.15, -0.1) is 0 Å². The molecule has 2 rings (SSSR count). The second-order valence-electron chi connectivity index (χ2n) is 5.18. The van der Waals surface area contributed by atoms with Crippen LogP contribution in [0.25, 0.3) is 0 Å². The van der Waals surface area contributed by atoms with E-state index in [-0.39, 0.29) is 5.82 Å². The predicted octanol–water partition coefficient (Wildman–Crippen LogP) is 2.65. The predicted molar refractivity (Wildman–Crippen MR) is 72.9 cm³/mol. The molecule has 0 saturated carbocycles. The summed E-state index contributed by atoms with van der Waals surface area (Å²) in [6.45, 7) is 5.09. The van der Waals surface area contributed by atoms with Crippen LogP contribution in [0.15, 0.2) is 24.3 Å². The van der Waals surface area contributed by atoms with Gasteiger partial charge in [0.05, 0.1) is 0 Å². The number of hydrogen-bond donors (Lipinski definition) is 1. The smallest absolute Gasteiger partial charge is 0.127 e. The van der Waals surface area contributed by atoms with Gasteiger partial charge in [0.2, 0.25) is 0 Å². The molecule has 1 N–H and O–H groups in total. The number of halogens is 1. The summed E-state index contributed by atoms with van der Waals surface area (Å²) in [6, 6.07) is 7.72. The minimum absolute atomic E-state index is 0.0821. The Morgan fingerprint density at radius 3 is 2.83 bits per heavy atom. The summed E-state index contributed by atoms with van der Waals surface area (Å²) in [6.07, 6.45) is 2.34. The van der Waals surface area contributed by atoms with Crippen molar-refractivity contribution in [3.63, 3.8) is 0 Å². The standard InChI is InChI=1S/C15H23FN2/c1-3-12-10-18(9-8-15(12)17-2)11-13-6-4-5-7-14(13)16/h4-7,12,15,17H,3,8-11H2,1-2H3. The molecule has 100 valence electrons. The molecule has 0 aromatic heterocycles. The Balaban J connectivity index is 1.97. The zero-order valence-electron chi connectivity index (χ0n) is 11.3. The lowest BCUT2D eigenvalue weighted by Crippen LogP contribution is -2.47. The van der Waals surface area contributed by atoms with Crippen molar-refractivity contribution in [2.24, 2.45) is 5.92 Å². The quantitative estimate of drug-likeness (QED) is 0.883. The highest BCUT2D eigenvalue weighted by Crippen LogP contribution is 2.22. The molecule has 3 heteroatoms. The first-order valence-corrected chi connectivity index (χ1v) is 6.87. The first-order valence-electron chi connectivity index (χ1n) is 6.87. The molecule has 0 amide bonds. The van der Waals surface area contributed by atoms with Gasteiger partial charge in [-0.2, -0.15) is 0 Å². The molecule has 0 aliphatic carbocycles. The maximum absolute atomic E-state index is 13.6. The van der Waals surface area contributed by atoms with Crippen LogP contribution >= 0.6 is 0 Å².